The first-order valence-electron chi connectivity index (χ1n) is 5.13. The Bertz CT molecular complexity index is 381. The summed E-state index contributed by atoms with van der Waals surface area (Å²) in [5.41, 5.74) is 2.27. The van der Waals surface area contributed by atoms with Crippen molar-refractivity contribution in [1.29, 1.82) is 0 Å². The van der Waals surface area contributed by atoms with Crippen LogP contribution in [0.5, 0.6) is 0 Å². The molecule has 2 N–H and O–H groups in total. The Labute approximate surface area is 89.6 Å². The van der Waals surface area contributed by atoms with E-state index in [4.69, 9.17) is 0 Å². The van der Waals surface area contributed by atoms with E-state index < -0.39 is 0 Å². The second-order valence-corrected chi connectivity index (χ2v) is 3.55. The fraction of sp³-hybridized carbons (Fsp3) is 0.250. The molecular formula is C12H15N3. The van der Waals surface area contributed by atoms with Crippen LogP contribution in [0.15, 0.2) is 42.7 Å². The van der Waals surface area contributed by atoms with E-state index >= 15 is 0 Å². The van der Waals surface area contributed by atoms with Crippen LogP contribution in [-0.2, 0) is 6.54 Å². The minimum Gasteiger partial charge on any atom is -0.364 e. The Morgan fingerprint density at radius 3 is 2.93 bits per heavy atom. The Balaban J connectivity index is 1.90. The molecule has 0 aliphatic carbocycles. The van der Waals surface area contributed by atoms with Gasteiger partial charge in [0.15, 0.2) is 0 Å². The third-order valence-corrected chi connectivity index (χ3v) is 2.39. The van der Waals surface area contributed by atoms with Crippen LogP contribution in [0.2, 0.25) is 0 Å². The van der Waals surface area contributed by atoms with Crippen molar-refractivity contribution < 1.29 is 0 Å². The molecule has 0 amide bonds. The standard InChI is InChI=1S/C12H15N3/c1-10(12-6-2-3-7-14-12)15-9-11-5-4-8-13-11/h2-8,10,13,15H,9H2,1H3/t10-/m0/s1. The second-order valence-electron chi connectivity index (χ2n) is 3.55. The molecular weight excluding hydrogens is 186 g/mol. The van der Waals surface area contributed by atoms with E-state index in [0.29, 0.717) is 0 Å². The Morgan fingerprint density at radius 2 is 2.27 bits per heavy atom. The van der Waals surface area contributed by atoms with Gasteiger partial charge in [0.2, 0.25) is 0 Å². The molecule has 15 heavy (non-hydrogen) atoms. The summed E-state index contributed by atoms with van der Waals surface area (Å²) in [4.78, 5) is 7.47. The number of nitrogens with zero attached hydrogens (tertiary/aromatic N) is 1. The van der Waals surface area contributed by atoms with Gasteiger partial charge in [0.05, 0.1) is 5.69 Å². The van der Waals surface area contributed by atoms with Crippen molar-refractivity contribution in [2.75, 3.05) is 0 Å². The van der Waals surface area contributed by atoms with Gasteiger partial charge in [-0.3, -0.25) is 4.98 Å². The number of rotatable bonds is 4. The van der Waals surface area contributed by atoms with E-state index in [1.165, 1.54) is 5.69 Å². The highest BCUT2D eigenvalue weighted by Crippen LogP contribution is 2.08. The Morgan fingerprint density at radius 1 is 1.33 bits per heavy atom. The zero-order chi connectivity index (χ0) is 10.5. The molecule has 0 unspecified atom stereocenters. The van der Waals surface area contributed by atoms with E-state index in [1.807, 2.05) is 36.7 Å². The number of H-pyrrole nitrogens is 1. The van der Waals surface area contributed by atoms with Crippen molar-refractivity contribution in [3.8, 4) is 0 Å². The molecule has 0 saturated carbocycles. The summed E-state index contributed by atoms with van der Waals surface area (Å²) in [5.74, 6) is 0. The molecule has 0 bridgehead atoms. The third-order valence-electron chi connectivity index (χ3n) is 2.39. The number of hydrogen-bond donors (Lipinski definition) is 2. The molecule has 2 heterocycles. The van der Waals surface area contributed by atoms with Crippen molar-refractivity contribution in [3.05, 3.63) is 54.1 Å². The number of pyridine rings is 1. The van der Waals surface area contributed by atoms with Crippen LogP contribution in [0, 0.1) is 0 Å². The van der Waals surface area contributed by atoms with Crippen LogP contribution >= 0.6 is 0 Å². The molecule has 2 aromatic rings. The predicted octanol–water partition coefficient (Wildman–Crippen LogP) is 2.26. The van der Waals surface area contributed by atoms with Gasteiger partial charge in [-0.25, -0.2) is 0 Å². The minimum absolute atomic E-state index is 0.273. The number of aromatic nitrogens is 2. The summed E-state index contributed by atoms with van der Waals surface area (Å²) in [5, 5.41) is 3.41. The summed E-state index contributed by atoms with van der Waals surface area (Å²) >= 11 is 0. The van der Waals surface area contributed by atoms with Gasteiger partial charge in [-0.2, -0.15) is 0 Å². The molecule has 0 aliphatic rings. The Kier molecular flexibility index (Phi) is 3.15. The van der Waals surface area contributed by atoms with Crippen LogP contribution in [0.25, 0.3) is 0 Å². The molecule has 0 aromatic carbocycles. The second kappa shape index (κ2) is 4.75. The lowest BCUT2D eigenvalue weighted by atomic mass is 10.2. The molecule has 0 fully saturated rings. The first kappa shape index (κ1) is 9.93. The zero-order valence-corrected chi connectivity index (χ0v) is 8.77. The SMILES string of the molecule is C[C@H](NCc1ccc[nH]1)c1ccccn1. The molecule has 0 saturated heterocycles. The first-order chi connectivity index (χ1) is 7.36. The monoisotopic (exact) mass is 201 g/mol. The van der Waals surface area contributed by atoms with Gasteiger partial charge in [0, 0.05) is 30.7 Å². The summed E-state index contributed by atoms with van der Waals surface area (Å²) in [6, 6.07) is 10.3. The van der Waals surface area contributed by atoms with E-state index in [0.717, 1.165) is 12.2 Å². The Hall–Kier alpha value is -1.61. The fourth-order valence-corrected chi connectivity index (χ4v) is 1.48. The topological polar surface area (TPSA) is 40.7 Å². The van der Waals surface area contributed by atoms with Gasteiger partial charge in [-0.1, -0.05) is 6.07 Å². The van der Waals surface area contributed by atoms with E-state index in [-0.39, 0.29) is 6.04 Å². The highest BCUT2D eigenvalue weighted by molar-refractivity contribution is 5.09. The van der Waals surface area contributed by atoms with Crippen molar-refractivity contribution in [2.45, 2.75) is 19.5 Å². The highest BCUT2D eigenvalue weighted by Gasteiger charge is 2.04. The summed E-state index contributed by atoms with van der Waals surface area (Å²) in [6.07, 6.45) is 3.75. The van der Waals surface area contributed by atoms with E-state index in [9.17, 15) is 0 Å². The smallest absolute Gasteiger partial charge is 0.0570 e. The van der Waals surface area contributed by atoms with Crippen LogP contribution in [0.1, 0.15) is 24.4 Å². The van der Waals surface area contributed by atoms with Crippen molar-refractivity contribution in [2.24, 2.45) is 0 Å². The molecule has 1 atom stereocenters. The lowest BCUT2D eigenvalue weighted by Gasteiger charge is -2.12. The van der Waals surface area contributed by atoms with Gasteiger partial charge >= 0.3 is 0 Å². The zero-order valence-electron chi connectivity index (χ0n) is 8.77. The summed E-state index contributed by atoms with van der Waals surface area (Å²) in [7, 11) is 0. The lowest BCUT2D eigenvalue weighted by molar-refractivity contribution is 0.556. The van der Waals surface area contributed by atoms with Crippen molar-refractivity contribution in [3.63, 3.8) is 0 Å². The molecule has 3 nitrogen and oxygen atoms in total. The average molecular weight is 201 g/mol. The molecule has 0 spiro atoms. The van der Waals surface area contributed by atoms with Crippen molar-refractivity contribution in [1.82, 2.24) is 15.3 Å². The predicted molar refractivity (Wildman–Crippen MR) is 60.3 cm³/mol. The van der Waals surface area contributed by atoms with E-state index in [2.05, 4.69) is 28.3 Å². The number of hydrogen-bond acceptors (Lipinski definition) is 2. The quantitative estimate of drug-likeness (QED) is 0.796. The number of nitrogens with one attached hydrogen (secondary N) is 2. The van der Waals surface area contributed by atoms with Crippen molar-refractivity contribution >= 4 is 0 Å². The van der Waals surface area contributed by atoms with Gasteiger partial charge in [0.1, 0.15) is 0 Å². The van der Waals surface area contributed by atoms with Gasteiger partial charge in [-0.15, -0.1) is 0 Å². The minimum atomic E-state index is 0.273. The fourth-order valence-electron chi connectivity index (χ4n) is 1.48. The molecule has 0 radical (unpaired) electrons. The van der Waals surface area contributed by atoms with Crippen LogP contribution < -0.4 is 5.32 Å². The van der Waals surface area contributed by atoms with Crippen LogP contribution in [0.3, 0.4) is 0 Å². The molecule has 0 aliphatic heterocycles. The molecule has 2 rings (SSSR count). The highest BCUT2D eigenvalue weighted by atomic mass is 14.9. The average Bonchev–Trinajstić information content (AvgIpc) is 2.80. The van der Waals surface area contributed by atoms with E-state index in [1.54, 1.807) is 0 Å². The van der Waals surface area contributed by atoms with Crippen LogP contribution in [0.4, 0.5) is 0 Å². The normalized spacial score (nSPS) is 12.6. The first-order valence-corrected chi connectivity index (χ1v) is 5.13. The molecule has 2 aromatic heterocycles. The molecule has 78 valence electrons. The third kappa shape index (κ3) is 2.67. The summed E-state index contributed by atoms with van der Waals surface area (Å²) in [6.45, 7) is 2.95. The van der Waals surface area contributed by atoms with Gasteiger partial charge in [0.25, 0.3) is 0 Å². The number of aromatic amines is 1. The van der Waals surface area contributed by atoms with Gasteiger partial charge < -0.3 is 10.3 Å². The maximum absolute atomic E-state index is 4.31. The maximum Gasteiger partial charge on any atom is 0.0570 e. The maximum atomic E-state index is 4.31. The van der Waals surface area contributed by atoms with Gasteiger partial charge in [-0.05, 0) is 31.2 Å². The largest absolute Gasteiger partial charge is 0.364 e. The van der Waals surface area contributed by atoms with Crippen LogP contribution in [-0.4, -0.2) is 9.97 Å². The summed E-state index contributed by atoms with van der Waals surface area (Å²) < 4.78 is 0. The molecule has 3 heteroatoms. The lowest BCUT2D eigenvalue weighted by Crippen LogP contribution is -2.19.